The lowest BCUT2D eigenvalue weighted by Crippen LogP contribution is -2.47. The molecule has 2 bridgehead atoms. The van der Waals surface area contributed by atoms with Gasteiger partial charge in [-0.3, -0.25) is 0 Å². The Morgan fingerprint density at radius 3 is 2.43 bits per heavy atom. The van der Waals surface area contributed by atoms with Gasteiger partial charge in [0.25, 0.3) is 0 Å². The molecule has 2 aliphatic heterocycles. The van der Waals surface area contributed by atoms with Crippen molar-refractivity contribution in [1.29, 1.82) is 0 Å². The average Bonchev–Trinajstić information content (AvgIpc) is 2.67. The molecule has 0 amide bonds. The Balaban J connectivity index is 0.00000161. The molecule has 118 valence electrons. The minimum absolute atomic E-state index is 0. The summed E-state index contributed by atoms with van der Waals surface area (Å²) in [6.07, 6.45) is 4.10. The van der Waals surface area contributed by atoms with E-state index in [-0.39, 0.29) is 18.4 Å². The van der Waals surface area contributed by atoms with Crippen molar-refractivity contribution in [2.45, 2.75) is 55.6 Å². The number of halogens is 2. The predicted octanol–water partition coefficient (Wildman–Crippen LogP) is 2.74. The molecule has 7 heteroatoms. The van der Waals surface area contributed by atoms with Crippen molar-refractivity contribution in [2.24, 2.45) is 0 Å². The standard InChI is InChI=1S/C14H19BrN2O2S.ClH/c1-9-2-5-14(13(15)6-9)20(18,19)17-12-7-10-3-4-11(8-12)16-10;/h2,5-6,10-12,16-17H,3-4,7-8H2,1H3;1H. The second kappa shape index (κ2) is 6.54. The van der Waals surface area contributed by atoms with Crippen molar-refractivity contribution < 1.29 is 8.42 Å². The van der Waals surface area contributed by atoms with Gasteiger partial charge in [0.05, 0.1) is 4.90 Å². The van der Waals surface area contributed by atoms with Crippen LogP contribution in [0.1, 0.15) is 31.2 Å². The van der Waals surface area contributed by atoms with Crippen molar-refractivity contribution >= 4 is 38.4 Å². The second-order valence-corrected chi connectivity index (χ2v) is 8.40. The molecule has 4 nitrogen and oxygen atoms in total. The van der Waals surface area contributed by atoms with Crippen molar-refractivity contribution in [3.05, 3.63) is 28.2 Å². The third-order valence-corrected chi connectivity index (χ3v) is 6.67. The number of aryl methyl sites for hydroxylation is 1. The molecule has 1 aromatic rings. The Bertz CT molecular complexity index is 611. The molecule has 0 aromatic heterocycles. The van der Waals surface area contributed by atoms with Crippen LogP contribution in [0.5, 0.6) is 0 Å². The van der Waals surface area contributed by atoms with Crippen LogP contribution in [0.15, 0.2) is 27.6 Å². The summed E-state index contributed by atoms with van der Waals surface area (Å²) < 4.78 is 28.5. The number of fused-ring (bicyclic) bond motifs is 2. The third kappa shape index (κ3) is 3.79. The Kier molecular flexibility index (Phi) is 5.36. The van der Waals surface area contributed by atoms with Gasteiger partial charge in [-0.2, -0.15) is 0 Å². The first-order valence-corrected chi connectivity index (χ1v) is 9.26. The summed E-state index contributed by atoms with van der Waals surface area (Å²) in [5.74, 6) is 0. The van der Waals surface area contributed by atoms with E-state index in [1.807, 2.05) is 19.1 Å². The van der Waals surface area contributed by atoms with E-state index in [2.05, 4.69) is 26.0 Å². The molecule has 2 heterocycles. The van der Waals surface area contributed by atoms with E-state index >= 15 is 0 Å². The van der Waals surface area contributed by atoms with Crippen LogP contribution < -0.4 is 10.0 Å². The molecule has 0 spiro atoms. The number of benzene rings is 1. The van der Waals surface area contributed by atoms with Gasteiger partial charge in [0.2, 0.25) is 10.0 Å². The van der Waals surface area contributed by atoms with Gasteiger partial charge >= 0.3 is 0 Å². The first-order valence-electron chi connectivity index (χ1n) is 6.98. The number of hydrogen-bond acceptors (Lipinski definition) is 3. The maximum absolute atomic E-state index is 12.5. The number of hydrogen-bond donors (Lipinski definition) is 2. The zero-order chi connectivity index (χ0) is 14.3. The first kappa shape index (κ1) is 17.2. The van der Waals surface area contributed by atoms with Crippen molar-refractivity contribution in [3.8, 4) is 0 Å². The van der Waals surface area contributed by atoms with Crippen LogP contribution in [0, 0.1) is 6.92 Å². The van der Waals surface area contributed by atoms with Gasteiger partial charge in [0, 0.05) is 22.6 Å². The minimum atomic E-state index is -3.45. The molecule has 2 aliphatic rings. The zero-order valence-electron chi connectivity index (χ0n) is 11.8. The van der Waals surface area contributed by atoms with Gasteiger partial charge in [-0.25, -0.2) is 13.1 Å². The van der Waals surface area contributed by atoms with E-state index in [1.165, 1.54) is 0 Å². The number of sulfonamides is 1. The number of nitrogens with one attached hydrogen (secondary N) is 2. The highest BCUT2D eigenvalue weighted by Crippen LogP contribution is 2.29. The summed E-state index contributed by atoms with van der Waals surface area (Å²) >= 11 is 3.35. The summed E-state index contributed by atoms with van der Waals surface area (Å²) in [7, 11) is -3.45. The molecule has 0 aliphatic carbocycles. The van der Waals surface area contributed by atoms with Crippen LogP contribution in [-0.4, -0.2) is 26.5 Å². The van der Waals surface area contributed by atoms with Crippen LogP contribution in [-0.2, 0) is 10.0 Å². The smallest absolute Gasteiger partial charge is 0.241 e. The van der Waals surface area contributed by atoms with E-state index in [1.54, 1.807) is 6.07 Å². The van der Waals surface area contributed by atoms with Crippen molar-refractivity contribution in [3.63, 3.8) is 0 Å². The summed E-state index contributed by atoms with van der Waals surface area (Å²) in [6, 6.07) is 6.32. The van der Waals surface area contributed by atoms with Gasteiger partial charge < -0.3 is 5.32 Å². The SMILES string of the molecule is Cc1ccc(S(=O)(=O)NC2CC3CCC(C2)N3)c(Br)c1.Cl. The lowest BCUT2D eigenvalue weighted by Gasteiger charge is -2.29. The van der Waals surface area contributed by atoms with E-state index < -0.39 is 10.0 Å². The zero-order valence-corrected chi connectivity index (χ0v) is 15.0. The lowest BCUT2D eigenvalue weighted by molar-refractivity contribution is 0.345. The van der Waals surface area contributed by atoms with Crippen molar-refractivity contribution in [1.82, 2.24) is 10.0 Å². The molecule has 2 fully saturated rings. The molecule has 0 radical (unpaired) electrons. The lowest BCUT2D eigenvalue weighted by atomic mass is 10.0. The van der Waals surface area contributed by atoms with Crippen LogP contribution in [0.25, 0.3) is 0 Å². The summed E-state index contributed by atoms with van der Waals surface area (Å²) in [5.41, 5.74) is 1.04. The Morgan fingerprint density at radius 2 is 1.86 bits per heavy atom. The Labute approximate surface area is 140 Å². The minimum Gasteiger partial charge on any atom is -0.311 e. The summed E-state index contributed by atoms with van der Waals surface area (Å²) in [4.78, 5) is 0.328. The first-order chi connectivity index (χ1) is 9.44. The van der Waals surface area contributed by atoms with Gasteiger partial charge in [-0.1, -0.05) is 6.07 Å². The highest BCUT2D eigenvalue weighted by atomic mass is 79.9. The van der Waals surface area contributed by atoms with Crippen LogP contribution in [0.4, 0.5) is 0 Å². The molecule has 2 atom stereocenters. The number of rotatable bonds is 3. The largest absolute Gasteiger partial charge is 0.311 e. The van der Waals surface area contributed by atoms with Crippen LogP contribution in [0.2, 0.25) is 0 Å². The molecule has 21 heavy (non-hydrogen) atoms. The number of piperidine rings is 1. The second-order valence-electron chi connectivity index (χ2n) is 5.86. The van der Waals surface area contributed by atoms with Crippen molar-refractivity contribution in [2.75, 3.05) is 0 Å². The monoisotopic (exact) mass is 394 g/mol. The summed E-state index contributed by atoms with van der Waals surface area (Å²) in [6.45, 7) is 1.94. The van der Waals surface area contributed by atoms with E-state index in [0.717, 1.165) is 31.2 Å². The molecule has 2 saturated heterocycles. The molecule has 1 aromatic carbocycles. The topological polar surface area (TPSA) is 58.2 Å². The molecular weight excluding hydrogens is 376 g/mol. The van der Waals surface area contributed by atoms with E-state index in [4.69, 9.17) is 0 Å². The predicted molar refractivity (Wildman–Crippen MR) is 89.4 cm³/mol. The maximum atomic E-state index is 12.5. The third-order valence-electron chi connectivity index (χ3n) is 4.17. The fourth-order valence-corrected chi connectivity index (χ4v) is 5.71. The highest BCUT2D eigenvalue weighted by molar-refractivity contribution is 9.10. The maximum Gasteiger partial charge on any atom is 0.241 e. The highest BCUT2D eigenvalue weighted by Gasteiger charge is 2.35. The fourth-order valence-electron chi connectivity index (χ4n) is 3.26. The normalized spacial score (nSPS) is 28.2. The van der Waals surface area contributed by atoms with Crippen LogP contribution in [0.3, 0.4) is 0 Å². The van der Waals surface area contributed by atoms with E-state index in [9.17, 15) is 8.42 Å². The van der Waals surface area contributed by atoms with Gasteiger partial charge in [-0.15, -0.1) is 12.4 Å². The van der Waals surface area contributed by atoms with Crippen LogP contribution >= 0.6 is 28.3 Å². The molecule has 0 saturated carbocycles. The summed E-state index contributed by atoms with van der Waals surface area (Å²) in [5, 5.41) is 3.52. The average molecular weight is 396 g/mol. The van der Waals surface area contributed by atoms with Gasteiger partial charge in [0.15, 0.2) is 0 Å². The quantitative estimate of drug-likeness (QED) is 0.827. The molecular formula is C14H20BrClN2O2S. The Morgan fingerprint density at radius 1 is 1.24 bits per heavy atom. The van der Waals surface area contributed by atoms with Gasteiger partial charge in [-0.05, 0) is 66.2 Å². The van der Waals surface area contributed by atoms with E-state index in [0.29, 0.717) is 21.5 Å². The van der Waals surface area contributed by atoms with Gasteiger partial charge in [0.1, 0.15) is 0 Å². The Hall–Kier alpha value is -0.140. The molecule has 2 unspecified atom stereocenters. The molecule has 3 rings (SSSR count). The molecule has 2 N–H and O–H groups in total. The fraction of sp³-hybridized carbons (Fsp3) is 0.571.